The molecule has 1 saturated heterocycles. The Morgan fingerprint density at radius 2 is 1.94 bits per heavy atom. The Kier molecular flexibility index (Phi) is 5.60. The van der Waals surface area contributed by atoms with E-state index < -0.39 is 5.79 Å². The largest absolute Gasteiger partial charge is 0.493 e. The predicted molar refractivity (Wildman–Crippen MR) is 123 cm³/mol. The number of aryl methyl sites for hydroxylation is 1. The van der Waals surface area contributed by atoms with Crippen molar-refractivity contribution < 1.29 is 5.11 Å². The molecule has 3 aliphatic rings. The van der Waals surface area contributed by atoms with E-state index >= 15 is 0 Å². The number of fused-ring (bicyclic) bond motifs is 1. The third-order valence-corrected chi connectivity index (χ3v) is 6.80. The molecule has 2 aromatic heterocycles. The number of rotatable bonds is 5. The van der Waals surface area contributed by atoms with Gasteiger partial charge in [0.15, 0.2) is 0 Å². The molecular formula is C23H32N8O. The van der Waals surface area contributed by atoms with E-state index in [1.807, 2.05) is 31.5 Å². The van der Waals surface area contributed by atoms with Crippen molar-refractivity contribution in [2.75, 3.05) is 45.2 Å². The number of likely N-dealkylation sites (N-methyl/N-ethyl adjacent to an activating group) is 2. The number of anilines is 1. The van der Waals surface area contributed by atoms with Crippen LogP contribution in [0.4, 0.5) is 5.82 Å². The van der Waals surface area contributed by atoms with Gasteiger partial charge in [-0.2, -0.15) is 9.78 Å². The number of nitrogens with zero attached hydrogens (tertiary/aromatic N) is 7. The molecule has 9 heteroatoms. The van der Waals surface area contributed by atoms with E-state index in [1.165, 1.54) is 0 Å². The van der Waals surface area contributed by atoms with Crippen LogP contribution in [0.1, 0.15) is 29.8 Å². The molecule has 5 rings (SSSR count). The van der Waals surface area contributed by atoms with Crippen LogP contribution >= 0.6 is 0 Å². The number of aromatic hydroxyl groups is 1. The second-order valence-corrected chi connectivity index (χ2v) is 8.97. The highest BCUT2D eigenvalue weighted by molar-refractivity contribution is 5.40. The third-order valence-electron chi connectivity index (χ3n) is 6.80. The van der Waals surface area contributed by atoms with Crippen molar-refractivity contribution in [3.8, 4) is 5.88 Å². The van der Waals surface area contributed by atoms with Crippen LogP contribution < -0.4 is 10.2 Å². The molecule has 0 spiro atoms. The average molecular weight is 437 g/mol. The summed E-state index contributed by atoms with van der Waals surface area (Å²) in [6.45, 7) is 4.57. The van der Waals surface area contributed by atoms with Gasteiger partial charge < -0.3 is 20.2 Å². The molecule has 1 unspecified atom stereocenters. The van der Waals surface area contributed by atoms with Gasteiger partial charge in [-0.25, -0.2) is 9.97 Å². The van der Waals surface area contributed by atoms with Gasteiger partial charge in [0.2, 0.25) is 11.7 Å². The average Bonchev–Trinajstić information content (AvgIpc) is 3.17. The lowest BCUT2D eigenvalue weighted by atomic mass is 9.98. The van der Waals surface area contributed by atoms with Crippen LogP contribution in [0.3, 0.4) is 0 Å². The van der Waals surface area contributed by atoms with Crippen molar-refractivity contribution in [3.05, 3.63) is 53.8 Å². The number of aromatic nitrogens is 4. The van der Waals surface area contributed by atoms with Crippen LogP contribution in [-0.4, -0.2) is 74.9 Å². The lowest BCUT2D eigenvalue weighted by molar-refractivity contribution is 0.0383. The van der Waals surface area contributed by atoms with Crippen molar-refractivity contribution in [2.45, 2.75) is 38.0 Å². The van der Waals surface area contributed by atoms with E-state index in [4.69, 9.17) is 5.10 Å². The lowest BCUT2D eigenvalue weighted by Crippen LogP contribution is -2.56. The Hall–Kier alpha value is -2.91. The first-order valence-electron chi connectivity index (χ1n) is 11.4. The maximum atomic E-state index is 11.1. The van der Waals surface area contributed by atoms with Crippen LogP contribution in [0, 0.1) is 0 Å². The number of allylic oxidation sites excluding steroid dienone is 2. The molecule has 0 radical (unpaired) electrons. The smallest absolute Gasteiger partial charge is 0.216 e. The first-order valence-corrected chi connectivity index (χ1v) is 11.4. The van der Waals surface area contributed by atoms with Crippen molar-refractivity contribution in [1.82, 2.24) is 34.9 Å². The second kappa shape index (κ2) is 8.55. The summed E-state index contributed by atoms with van der Waals surface area (Å²) in [4.78, 5) is 15.8. The van der Waals surface area contributed by atoms with Crippen LogP contribution in [0.5, 0.6) is 5.88 Å². The first-order chi connectivity index (χ1) is 15.6. The molecule has 0 amide bonds. The van der Waals surface area contributed by atoms with Gasteiger partial charge in [-0.15, -0.1) is 0 Å². The molecule has 0 bridgehead atoms. The number of nitrogens with one attached hydrogen (secondary N) is 1. The van der Waals surface area contributed by atoms with Crippen molar-refractivity contribution in [1.29, 1.82) is 0 Å². The third kappa shape index (κ3) is 3.75. The molecule has 2 aliphatic heterocycles. The summed E-state index contributed by atoms with van der Waals surface area (Å²) in [6.07, 6.45) is 13.5. The molecule has 1 fully saturated rings. The topological polar surface area (TPSA) is 85.6 Å². The molecule has 4 heterocycles. The molecule has 1 aliphatic carbocycles. The van der Waals surface area contributed by atoms with Gasteiger partial charge in [-0.1, -0.05) is 6.08 Å². The highest BCUT2D eigenvalue weighted by Gasteiger charge is 2.39. The Bertz CT molecular complexity index is 1020. The molecule has 9 nitrogen and oxygen atoms in total. The van der Waals surface area contributed by atoms with Crippen LogP contribution in [0.25, 0.3) is 0 Å². The van der Waals surface area contributed by atoms with Crippen molar-refractivity contribution in [3.63, 3.8) is 0 Å². The monoisotopic (exact) mass is 436 g/mol. The Morgan fingerprint density at radius 3 is 2.69 bits per heavy atom. The summed E-state index contributed by atoms with van der Waals surface area (Å²) >= 11 is 0. The number of hydrogen-bond acceptors (Lipinski definition) is 8. The highest BCUT2D eigenvalue weighted by Crippen LogP contribution is 2.35. The predicted octanol–water partition coefficient (Wildman–Crippen LogP) is 1.42. The minimum atomic E-state index is -0.810. The number of dihydropyridines is 1. The fourth-order valence-corrected chi connectivity index (χ4v) is 4.81. The first kappa shape index (κ1) is 21.0. The van der Waals surface area contributed by atoms with Gasteiger partial charge in [0.25, 0.3) is 0 Å². The van der Waals surface area contributed by atoms with Gasteiger partial charge in [0.1, 0.15) is 12.1 Å². The minimum Gasteiger partial charge on any atom is -0.493 e. The van der Waals surface area contributed by atoms with Gasteiger partial charge in [0, 0.05) is 44.4 Å². The summed E-state index contributed by atoms with van der Waals surface area (Å²) in [5, 5.41) is 19.4. The van der Waals surface area contributed by atoms with Crippen molar-refractivity contribution >= 4 is 5.82 Å². The molecule has 0 aromatic carbocycles. The molecule has 0 saturated carbocycles. The molecule has 32 heavy (non-hydrogen) atoms. The van der Waals surface area contributed by atoms with E-state index in [0.29, 0.717) is 6.54 Å². The zero-order chi connectivity index (χ0) is 22.1. The van der Waals surface area contributed by atoms with E-state index in [0.717, 1.165) is 74.6 Å². The van der Waals surface area contributed by atoms with Crippen LogP contribution in [0.15, 0.2) is 36.8 Å². The molecule has 2 N–H and O–H groups in total. The molecular weight excluding hydrogens is 404 g/mol. The van der Waals surface area contributed by atoms with E-state index in [-0.39, 0.29) is 5.88 Å². The number of hydrogen-bond donors (Lipinski definition) is 2. The van der Waals surface area contributed by atoms with Gasteiger partial charge in [-0.3, -0.25) is 4.90 Å². The second-order valence-electron chi connectivity index (χ2n) is 8.97. The van der Waals surface area contributed by atoms with Gasteiger partial charge in [-0.05, 0) is 58.1 Å². The summed E-state index contributed by atoms with van der Waals surface area (Å²) < 4.78 is 1.73. The van der Waals surface area contributed by atoms with Gasteiger partial charge in [0.05, 0.1) is 11.4 Å². The quantitative estimate of drug-likeness (QED) is 0.728. The van der Waals surface area contributed by atoms with Crippen LogP contribution in [-0.2, 0) is 25.2 Å². The minimum absolute atomic E-state index is 0.250. The van der Waals surface area contributed by atoms with E-state index in [2.05, 4.69) is 43.1 Å². The standard InChI is InChI=1S/C23H32N8O/c1-28-11-13-30(14-12-28)21-15-18(24-17-25-21)16-29(2)23(9-5-6-10-26-23)31-22(32)19-7-3-4-8-20(19)27-31/h5-6,9-10,15,17,26,32H,3-4,7-8,11-14,16H2,1-2H3. The number of piperazine rings is 1. The Morgan fingerprint density at radius 1 is 1.12 bits per heavy atom. The highest BCUT2D eigenvalue weighted by atomic mass is 16.3. The fourth-order valence-electron chi connectivity index (χ4n) is 4.81. The van der Waals surface area contributed by atoms with Gasteiger partial charge >= 0.3 is 0 Å². The zero-order valence-corrected chi connectivity index (χ0v) is 18.9. The maximum absolute atomic E-state index is 11.1. The summed E-state index contributed by atoms with van der Waals surface area (Å²) in [6, 6.07) is 2.08. The van der Waals surface area contributed by atoms with Crippen LogP contribution in [0.2, 0.25) is 0 Å². The summed E-state index contributed by atoms with van der Waals surface area (Å²) in [5.74, 6) is 0.407. The zero-order valence-electron chi connectivity index (χ0n) is 18.9. The van der Waals surface area contributed by atoms with E-state index in [9.17, 15) is 5.11 Å². The summed E-state index contributed by atoms with van der Waals surface area (Å²) in [7, 11) is 4.17. The molecule has 1 atom stereocenters. The van der Waals surface area contributed by atoms with Crippen molar-refractivity contribution in [2.24, 2.45) is 0 Å². The Balaban J connectivity index is 1.42. The van der Waals surface area contributed by atoms with E-state index in [1.54, 1.807) is 11.0 Å². The normalized spacial score (nSPS) is 23.4. The summed E-state index contributed by atoms with van der Waals surface area (Å²) in [5.41, 5.74) is 2.91. The Labute approximate surface area is 189 Å². The molecule has 170 valence electrons. The fraction of sp³-hybridized carbons (Fsp3) is 0.522. The molecule has 2 aromatic rings. The lowest BCUT2D eigenvalue weighted by Gasteiger charge is -2.41. The SMILES string of the molecule is CN1CCN(c2cc(CN(C)C3(n4nc5c(c4O)CCCC5)C=CC=CN3)ncn2)CC1. The maximum Gasteiger partial charge on any atom is 0.216 e.